The average molecular weight is 647 g/mol. The maximum atomic E-state index is 13.8. The highest BCUT2D eigenvalue weighted by molar-refractivity contribution is 6.05. The van der Waals surface area contributed by atoms with E-state index < -0.39 is 47.9 Å². The zero-order valence-electron chi connectivity index (χ0n) is 27.3. The van der Waals surface area contributed by atoms with Crippen molar-refractivity contribution >= 4 is 35.3 Å². The van der Waals surface area contributed by atoms with Crippen molar-refractivity contribution in [1.29, 1.82) is 0 Å². The zero-order valence-corrected chi connectivity index (χ0v) is 27.3. The Bertz CT molecular complexity index is 1570. The van der Waals surface area contributed by atoms with Gasteiger partial charge in [0.2, 0.25) is 23.6 Å². The van der Waals surface area contributed by atoms with Gasteiger partial charge in [-0.1, -0.05) is 67.9 Å². The minimum Gasteiger partial charge on any atom is -0.460 e. The molecule has 0 saturated carbocycles. The fourth-order valence-electron chi connectivity index (χ4n) is 5.25. The van der Waals surface area contributed by atoms with Gasteiger partial charge in [-0.25, -0.2) is 0 Å². The van der Waals surface area contributed by atoms with E-state index in [4.69, 9.17) is 4.74 Å². The third-order valence-electron chi connectivity index (χ3n) is 7.72. The summed E-state index contributed by atoms with van der Waals surface area (Å²) < 4.78 is 5.46. The van der Waals surface area contributed by atoms with Crippen LogP contribution in [0.15, 0.2) is 48.5 Å². The van der Waals surface area contributed by atoms with E-state index in [1.165, 1.54) is 4.90 Å². The third kappa shape index (κ3) is 9.67. The Labute approximate surface area is 273 Å². The van der Waals surface area contributed by atoms with Gasteiger partial charge in [-0.05, 0) is 49.4 Å². The molecule has 14 nitrogen and oxygen atoms in total. The summed E-state index contributed by atoms with van der Waals surface area (Å²) >= 11 is 0. The lowest BCUT2D eigenvalue weighted by Crippen LogP contribution is -2.54. The molecule has 2 heterocycles. The van der Waals surface area contributed by atoms with Gasteiger partial charge in [-0.3, -0.25) is 28.9 Å². The predicted octanol–water partition coefficient (Wildman–Crippen LogP) is 1.55. The maximum Gasteiger partial charge on any atom is 0.310 e. The van der Waals surface area contributed by atoms with Crippen molar-refractivity contribution in [2.45, 2.75) is 84.5 Å². The van der Waals surface area contributed by atoms with Gasteiger partial charge >= 0.3 is 5.97 Å². The van der Waals surface area contributed by atoms with E-state index in [-0.39, 0.29) is 43.5 Å². The van der Waals surface area contributed by atoms with Gasteiger partial charge in [-0.2, -0.15) is 5.21 Å². The first kappa shape index (κ1) is 34.7. The summed E-state index contributed by atoms with van der Waals surface area (Å²) in [7, 11) is 0. The molecule has 0 saturated heterocycles. The highest BCUT2D eigenvalue weighted by Gasteiger charge is 2.39. The first-order valence-corrected chi connectivity index (χ1v) is 15.6. The van der Waals surface area contributed by atoms with Crippen LogP contribution in [0.4, 0.5) is 5.69 Å². The summed E-state index contributed by atoms with van der Waals surface area (Å²) in [6, 6.07) is 12.6. The Balaban J connectivity index is 1.50. The first-order valence-electron chi connectivity index (χ1n) is 15.6. The van der Waals surface area contributed by atoms with Gasteiger partial charge in [0.25, 0.3) is 0 Å². The summed E-state index contributed by atoms with van der Waals surface area (Å²) in [5.41, 5.74) is 1.93. The maximum absolute atomic E-state index is 13.8. The van der Waals surface area contributed by atoms with Crippen LogP contribution in [0.1, 0.15) is 63.6 Å². The van der Waals surface area contributed by atoms with Crippen molar-refractivity contribution in [2.24, 2.45) is 5.92 Å². The summed E-state index contributed by atoms with van der Waals surface area (Å²) in [6.07, 6.45) is 0.902. The van der Waals surface area contributed by atoms with E-state index >= 15 is 0 Å². The van der Waals surface area contributed by atoms with E-state index in [0.29, 0.717) is 17.7 Å². The number of H-pyrrole nitrogens is 1. The molecule has 2 aromatic carbocycles. The Kier molecular flexibility index (Phi) is 11.4. The molecule has 250 valence electrons. The summed E-state index contributed by atoms with van der Waals surface area (Å²) in [4.78, 5) is 67.3. The quantitative estimate of drug-likeness (QED) is 0.200. The standard InChI is InChI=1S/C33H42N8O6/c1-6-20(2)30(36-27(42)15-21-10-8-7-9-11-21)32(46)35-19-28(43)41-24-14-22(16-29(44)47-33(3,4)5)12-13-23(24)17-25(41)31(45)34-18-26-37-39-40-38-26/h7-14,20,25,30H,6,15-19H2,1-5H3,(H,34,45)(H,35,46)(H,36,42)(H,37,38,39,40)/t20-,25-,30-/m0/s1. The van der Waals surface area contributed by atoms with Gasteiger partial charge in [0.15, 0.2) is 5.82 Å². The molecule has 4 N–H and O–H groups in total. The summed E-state index contributed by atoms with van der Waals surface area (Å²) in [5, 5.41) is 21.7. The molecule has 1 aliphatic heterocycles. The topological polar surface area (TPSA) is 188 Å². The molecule has 47 heavy (non-hydrogen) atoms. The number of nitrogens with one attached hydrogen (secondary N) is 4. The molecule has 4 rings (SSSR count). The Morgan fingerprint density at radius 2 is 1.77 bits per heavy atom. The Hall–Kier alpha value is -5.14. The van der Waals surface area contributed by atoms with Crippen LogP contribution in [0.2, 0.25) is 0 Å². The molecule has 3 aromatic rings. The number of tetrazole rings is 1. The van der Waals surface area contributed by atoms with Crippen LogP contribution in [-0.2, 0) is 54.5 Å². The number of hydrogen-bond acceptors (Lipinski definition) is 9. The number of carbonyl (C=O) groups excluding carboxylic acids is 5. The number of fused-ring (bicyclic) bond motifs is 1. The van der Waals surface area contributed by atoms with Crippen LogP contribution in [0.5, 0.6) is 0 Å². The van der Waals surface area contributed by atoms with E-state index in [2.05, 4.69) is 36.6 Å². The molecule has 14 heteroatoms. The Morgan fingerprint density at radius 1 is 1.02 bits per heavy atom. The number of aromatic nitrogens is 4. The molecule has 0 aliphatic carbocycles. The van der Waals surface area contributed by atoms with Crippen LogP contribution in [0.3, 0.4) is 0 Å². The highest BCUT2D eigenvalue weighted by atomic mass is 16.6. The van der Waals surface area contributed by atoms with Crippen molar-refractivity contribution in [2.75, 3.05) is 11.4 Å². The average Bonchev–Trinajstić information content (AvgIpc) is 3.68. The predicted molar refractivity (Wildman–Crippen MR) is 172 cm³/mol. The lowest BCUT2D eigenvalue weighted by molar-refractivity contribution is -0.154. The first-order chi connectivity index (χ1) is 22.3. The molecule has 4 amide bonds. The summed E-state index contributed by atoms with van der Waals surface area (Å²) in [5.74, 6) is -2.19. The number of anilines is 1. The lowest BCUT2D eigenvalue weighted by atomic mass is 9.98. The number of carbonyl (C=O) groups is 5. The fourth-order valence-corrected chi connectivity index (χ4v) is 5.25. The van der Waals surface area contributed by atoms with Crippen LogP contribution in [-0.4, -0.2) is 74.5 Å². The summed E-state index contributed by atoms with van der Waals surface area (Å²) in [6.45, 7) is 8.66. The van der Waals surface area contributed by atoms with Crippen molar-refractivity contribution in [1.82, 2.24) is 36.6 Å². The molecule has 0 bridgehead atoms. The number of benzene rings is 2. The second kappa shape index (κ2) is 15.4. The van der Waals surface area contributed by atoms with Crippen LogP contribution in [0.25, 0.3) is 0 Å². The molecule has 0 unspecified atom stereocenters. The van der Waals surface area contributed by atoms with E-state index in [9.17, 15) is 24.0 Å². The van der Waals surface area contributed by atoms with Crippen molar-refractivity contribution in [3.05, 3.63) is 71.0 Å². The van der Waals surface area contributed by atoms with Gasteiger partial charge in [0, 0.05) is 12.1 Å². The molecule has 0 fully saturated rings. The SMILES string of the molecule is CC[C@H](C)[C@H](NC(=O)Cc1ccccc1)C(=O)NCC(=O)N1c2cc(CC(=O)OC(C)(C)C)ccc2C[C@H]1C(=O)NCc1nn[nH]n1. The molecular formula is C33H42N8O6. The second-order valence-electron chi connectivity index (χ2n) is 12.6. The van der Waals surface area contributed by atoms with Crippen molar-refractivity contribution in [3.63, 3.8) is 0 Å². The smallest absolute Gasteiger partial charge is 0.310 e. The molecule has 1 aliphatic rings. The number of amides is 4. The number of esters is 1. The highest BCUT2D eigenvalue weighted by Crippen LogP contribution is 2.34. The van der Waals surface area contributed by atoms with E-state index in [1.807, 2.05) is 44.2 Å². The number of aromatic amines is 1. The van der Waals surface area contributed by atoms with E-state index in [0.717, 1.165) is 11.1 Å². The zero-order chi connectivity index (χ0) is 34.1. The number of rotatable bonds is 13. The van der Waals surface area contributed by atoms with Gasteiger partial charge < -0.3 is 20.7 Å². The third-order valence-corrected chi connectivity index (χ3v) is 7.72. The van der Waals surface area contributed by atoms with Crippen LogP contribution < -0.4 is 20.9 Å². The minimum absolute atomic E-state index is 0.00982. The van der Waals surface area contributed by atoms with Gasteiger partial charge in [0.1, 0.15) is 17.7 Å². The number of hydrogen-bond donors (Lipinski definition) is 4. The van der Waals surface area contributed by atoms with Crippen LogP contribution >= 0.6 is 0 Å². The van der Waals surface area contributed by atoms with Gasteiger partial charge in [-0.15, -0.1) is 10.2 Å². The monoisotopic (exact) mass is 646 g/mol. The molecule has 0 spiro atoms. The molecule has 3 atom stereocenters. The lowest BCUT2D eigenvalue weighted by Gasteiger charge is -2.27. The minimum atomic E-state index is -0.936. The normalized spacial score (nSPS) is 15.3. The molecule has 1 aromatic heterocycles. The number of ether oxygens (including phenoxy) is 1. The Morgan fingerprint density at radius 3 is 2.43 bits per heavy atom. The second-order valence-corrected chi connectivity index (χ2v) is 12.6. The number of nitrogens with zero attached hydrogens (tertiary/aromatic N) is 4. The van der Waals surface area contributed by atoms with Crippen molar-refractivity contribution < 1.29 is 28.7 Å². The molecular weight excluding hydrogens is 604 g/mol. The van der Waals surface area contributed by atoms with Crippen molar-refractivity contribution in [3.8, 4) is 0 Å². The molecule has 0 radical (unpaired) electrons. The largest absolute Gasteiger partial charge is 0.460 e. The van der Waals surface area contributed by atoms with E-state index in [1.54, 1.807) is 39.0 Å². The van der Waals surface area contributed by atoms with Crippen LogP contribution in [0, 0.1) is 5.92 Å². The fraction of sp³-hybridized carbons (Fsp3) is 0.455. The van der Waals surface area contributed by atoms with Gasteiger partial charge in [0.05, 0.1) is 25.9 Å².